The molecular weight excluding hydrogens is 323 g/mol. The maximum Gasteiger partial charge on any atom is 0.255 e. The summed E-state index contributed by atoms with van der Waals surface area (Å²) in [6, 6.07) is 9.69. The van der Waals surface area contributed by atoms with Crippen LogP contribution in [0, 0.1) is 5.82 Å². The van der Waals surface area contributed by atoms with Gasteiger partial charge in [0.15, 0.2) is 0 Å². The van der Waals surface area contributed by atoms with Crippen LogP contribution < -0.4 is 15.2 Å². The van der Waals surface area contributed by atoms with Crippen LogP contribution in [0.2, 0.25) is 0 Å². The van der Waals surface area contributed by atoms with Crippen LogP contribution >= 0.6 is 0 Å². The third-order valence-corrected chi connectivity index (χ3v) is 4.05. The van der Waals surface area contributed by atoms with Crippen molar-refractivity contribution in [2.75, 3.05) is 7.11 Å². The number of nitrogens with two attached hydrogens (primary N) is 1. The minimum absolute atomic E-state index is 0.00429. The molecule has 6 nitrogen and oxygen atoms in total. The van der Waals surface area contributed by atoms with E-state index in [2.05, 4.69) is 5.32 Å². The molecule has 0 atom stereocenters. The molecule has 0 aliphatic heterocycles. The molecule has 2 rings (SSSR count). The Balaban J connectivity index is 2.26. The molecule has 2 aromatic rings. The second-order valence-electron chi connectivity index (χ2n) is 4.68. The van der Waals surface area contributed by atoms with Gasteiger partial charge in [-0.2, -0.15) is 0 Å². The number of methoxy groups -OCH3 is 1. The quantitative estimate of drug-likeness (QED) is 0.861. The first-order chi connectivity index (χ1) is 10.8. The first-order valence-corrected chi connectivity index (χ1v) is 8.10. The Morgan fingerprint density at radius 2 is 1.96 bits per heavy atom. The van der Waals surface area contributed by atoms with E-state index in [-0.39, 0.29) is 22.8 Å². The van der Waals surface area contributed by atoms with Gasteiger partial charge in [0, 0.05) is 12.1 Å². The lowest BCUT2D eigenvalue weighted by Crippen LogP contribution is -2.24. The molecule has 1 amide bonds. The normalized spacial score (nSPS) is 11.1. The van der Waals surface area contributed by atoms with Gasteiger partial charge in [-0.25, -0.2) is 17.9 Å². The highest BCUT2D eigenvalue weighted by atomic mass is 32.2. The van der Waals surface area contributed by atoms with Crippen LogP contribution in [0.15, 0.2) is 47.4 Å². The van der Waals surface area contributed by atoms with Gasteiger partial charge in [0.1, 0.15) is 11.6 Å². The highest BCUT2D eigenvalue weighted by Crippen LogP contribution is 2.22. The number of nitrogens with one attached hydrogen (secondary N) is 1. The zero-order chi connectivity index (χ0) is 17.0. The summed E-state index contributed by atoms with van der Waals surface area (Å²) < 4.78 is 41.3. The van der Waals surface area contributed by atoms with E-state index in [1.807, 2.05) is 0 Å². The van der Waals surface area contributed by atoms with Crippen LogP contribution in [0.5, 0.6) is 5.75 Å². The predicted octanol–water partition coefficient (Wildman–Crippen LogP) is 1.41. The van der Waals surface area contributed by atoms with E-state index in [9.17, 15) is 17.6 Å². The van der Waals surface area contributed by atoms with E-state index in [1.54, 1.807) is 12.1 Å². The number of halogens is 1. The highest BCUT2D eigenvalue weighted by molar-refractivity contribution is 7.89. The summed E-state index contributed by atoms with van der Waals surface area (Å²) in [5, 5.41) is 7.57. The fourth-order valence-electron chi connectivity index (χ4n) is 1.95. The SMILES string of the molecule is COc1ccc(S(N)(=O)=O)cc1C(=O)NCc1ccccc1F. The monoisotopic (exact) mass is 338 g/mol. The van der Waals surface area contributed by atoms with E-state index in [0.29, 0.717) is 5.56 Å². The smallest absolute Gasteiger partial charge is 0.255 e. The summed E-state index contributed by atoms with van der Waals surface area (Å²) in [7, 11) is -2.61. The number of amides is 1. The Bertz CT molecular complexity index is 837. The molecule has 8 heteroatoms. The number of ether oxygens (including phenoxy) is 1. The summed E-state index contributed by atoms with van der Waals surface area (Å²) in [4.78, 5) is 12.0. The molecule has 23 heavy (non-hydrogen) atoms. The second kappa shape index (κ2) is 6.76. The van der Waals surface area contributed by atoms with Gasteiger partial charge in [-0.15, -0.1) is 0 Å². The van der Waals surface area contributed by atoms with Crippen molar-refractivity contribution in [3.63, 3.8) is 0 Å². The average molecular weight is 338 g/mol. The number of hydrogen-bond acceptors (Lipinski definition) is 4. The van der Waals surface area contributed by atoms with Crippen molar-refractivity contribution in [2.45, 2.75) is 11.4 Å². The summed E-state index contributed by atoms with van der Waals surface area (Å²) in [5.74, 6) is -0.864. The Morgan fingerprint density at radius 1 is 1.26 bits per heavy atom. The van der Waals surface area contributed by atoms with Gasteiger partial charge in [-0.05, 0) is 24.3 Å². The molecule has 2 aromatic carbocycles. The van der Waals surface area contributed by atoms with Crippen molar-refractivity contribution in [1.29, 1.82) is 0 Å². The molecule has 0 saturated heterocycles. The van der Waals surface area contributed by atoms with E-state index < -0.39 is 21.7 Å². The van der Waals surface area contributed by atoms with Gasteiger partial charge >= 0.3 is 0 Å². The third kappa shape index (κ3) is 4.05. The Kier molecular flexibility index (Phi) is 4.97. The lowest BCUT2D eigenvalue weighted by atomic mass is 10.1. The van der Waals surface area contributed by atoms with Crippen LogP contribution in [0.1, 0.15) is 15.9 Å². The molecule has 0 bridgehead atoms. The molecule has 0 unspecified atom stereocenters. The van der Waals surface area contributed by atoms with Crippen molar-refractivity contribution >= 4 is 15.9 Å². The van der Waals surface area contributed by atoms with Crippen LogP contribution in [0.3, 0.4) is 0 Å². The first-order valence-electron chi connectivity index (χ1n) is 6.55. The molecular formula is C15H15FN2O4S. The maximum absolute atomic E-state index is 13.5. The minimum Gasteiger partial charge on any atom is -0.496 e. The fourth-order valence-corrected chi connectivity index (χ4v) is 2.49. The van der Waals surface area contributed by atoms with Crippen molar-refractivity contribution in [2.24, 2.45) is 5.14 Å². The van der Waals surface area contributed by atoms with E-state index in [0.717, 1.165) is 6.07 Å². The molecule has 3 N–H and O–H groups in total. The van der Waals surface area contributed by atoms with Gasteiger partial charge in [0.25, 0.3) is 5.91 Å². The summed E-state index contributed by atoms with van der Waals surface area (Å²) in [5.41, 5.74) is 0.304. The summed E-state index contributed by atoms with van der Waals surface area (Å²) in [6.45, 7) is -0.0474. The Labute approximate surface area is 133 Å². The fraction of sp³-hybridized carbons (Fsp3) is 0.133. The molecule has 0 saturated carbocycles. The van der Waals surface area contributed by atoms with Crippen molar-refractivity contribution < 1.29 is 22.3 Å². The average Bonchev–Trinajstić information content (AvgIpc) is 2.52. The number of carbonyl (C=O) groups excluding carboxylic acids is 1. The third-order valence-electron chi connectivity index (χ3n) is 3.14. The molecule has 0 aliphatic carbocycles. The predicted molar refractivity (Wildman–Crippen MR) is 81.9 cm³/mol. The minimum atomic E-state index is -3.95. The Hall–Kier alpha value is -2.45. The van der Waals surface area contributed by atoms with Gasteiger partial charge in [0.2, 0.25) is 10.0 Å². The molecule has 0 aromatic heterocycles. The summed E-state index contributed by atoms with van der Waals surface area (Å²) >= 11 is 0. The van der Waals surface area contributed by atoms with E-state index >= 15 is 0 Å². The number of rotatable bonds is 5. The number of primary sulfonamides is 1. The molecule has 0 spiro atoms. The maximum atomic E-state index is 13.5. The second-order valence-corrected chi connectivity index (χ2v) is 6.24. The molecule has 0 aliphatic rings. The number of sulfonamides is 1. The van der Waals surface area contributed by atoms with Crippen LogP contribution in [-0.4, -0.2) is 21.4 Å². The molecule has 0 heterocycles. The zero-order valence-corrected chi connectivity index (χ0v) is 13.1. The van der Waals surface area contributed by atoms with Gasteiger partial charge in [-0.3, -0.25) is 4.79 Å². The van der Waals surface area contributed by atoms with Crippen molar-refractivity contribution in [3.8, 4) is 5.75 Å². The molecule has 0 radical (unpaired) electrons. The molecule has 0 fully saturated rings. The van der Waals surface area contributed by atoms with E-state index in [4.69, 9.17) is 9.88 Å². The number of benzene rings is 2. The van der Waals surface area contributed by atoms with Crippen LogP contribution in [-0.2, 0) is 16.6 Å². The first kappa shape index (κ1) is 16.9. The highest BCUT2D eigenvalue weighted by Gasteiger charge is 2.17. The van der Waals surface area contributed by atoms with Gasteiger partial charge in [-0.1, -0.05) is 18.2 Å². The number of hydrogen-bond donors (Lipinski definition) is 2. The van der Waals surface area contributed by atoms with Gasteiger partial charge < -0.3 is 10.1 Å². The lowest BCUT2D eigenvalue weighted by molar-refractivity contribution is 0.0947. The van der Waals surface area contributed by atoms with Crippen molar-refractivity contribution in [3.05, 3.63) is 59.4 Å². The van der Waals surface area contributed by atoms with Crippen LogP contribution in [0.4, 0.5) is 4.39 Å². The Morgan fingerprint density at radius 3 is 2.57 bits per heavy atom. The van der Waals surface area contributed by atoms with E-state index in [1.165, 1.54) is 31.4 Å². The standard InChI is InChI=1S/C15H15FN2O4S/c1-22-14-7-6-11(23(17,20)21)8-12(14)15(19)18-9-10-4-2-3-5-13(10)16/h2-8H,9H2,1H3,(H,18,19)(H2,17,20,21). The lowest BCUT2D eigenvalue weighted by Gasteiger charge is -2.11. The largest absolute Gasteiger partial charge is 0.496 e. The summed E-state index contributed by atoms with van der Waals surface area (Å²) in [6.07, 6.45) is 0. The van der Waals surface area contributed by atoms with Crippen molar-refractivity contribution in [1.82, 2.24) is 5.32 Å². The van der Waals surface area contributed by atoms with Crippen LogP contribution in [0.25, 0.3) is 0 Å². The molecule has 122 valence electrons. The topological polar surface area (TPSA) is 98.5 Å². The van der Waals surface area contributed by atoms with Gasteiger partial charge in [0.05, 0.1) is 17.6 Å². The number of carbonyl (C=O) groups is 1. The zero-order valence-electron chi connectivity index (χ0n) is 12.2.